The van der Waals surface area contributed by atoms with E-state index < -0.39 is 6.09 Å². The van der Waals surface area contributed by atoms with Crippen LogP contribution in [0.25, 0.3) is 16.6 Å². The van der Waals surface area contributed by atoms with Gasteiger partial charge in [-0.1, -0.05) is 6.07 Å². The Morgan fingerprint density at radius 3 is 2.96 bits per heavy atom. The molecule has 8 nitrogen and oxygen atoms in total. The molecule has 1 aliphatic heterocycles. The summed E-state index contributed by atoms with van der Waals surface area (Å²) in [5.41, 5.74) is 1.98. The van der Waals surface area contributed by atoms with Crippen molar-refractivity contribution in [3.63, 3.8) is 0 Å². The maximum atomic E-state index is 12.4. The molecule has 0 saturated carbocycles. The predicted octanol–water partition coefficient (Wildman–Crippen LogP) is 2.82. The summed E-state index contributed by atoms with van der Waals surface area (Å²) in [6.45, 7) is 4.78. The van der Waals surface area contributed by atoms with E-state index in [1.807, 2.05) is 32.0 Å². The lowest BCUT2D eigenvalue weighted by Crippen LogP contribution is -2.43. The van der Waals surface area contributed by atoms with Crippen molar-refractivity contribution in [1.29, 1.82) is 0 Å². The summed E-state index contributed by atoms with van der Waals surface area (Å²) in [4.78, 5) is 28.0. The third-order valence-corrected chi connectivity index (χ3v) is 5.27. The maximum Gasteiger partial charge on any atom is 0.407 e. The minimum Gasteiger partial charge on any atom is -0.493 e. The van der Waals surface area contributed by atoms with Crippen LogP contribution in [-0.2, 0) is 0 Å². The molecule has 1 aliphatic rings. The summed E-state index contributed by atoms with van der Waals surface area (Å²) in [7, 11) is 0. The van der Waals surface area contributed by atoms with Crippen molar-refractivity contribution < 1.29 is 14.6 Å². The van der Waals surface area contributed by atoms with Gasteiger partial charge in [-0.3, -0.25) is 4.79 Å². The molecule has 2 unspecified atom stereocenters. The van der Waals surface area contributed by atoms with Gasteiger partial charge in [-0.15, -0.1) is 0 Å². The van der Waals surface area contributed by atoms with Gasteiger partial charge >= 0.3 is 6.09 Å². The molecule has 0 spiro atoms. The Bertz CT molecular complexity index is 1070. The number of ether oxygens (including phenoxy) is 1. The van der Waals surface area contributed by atoms with E-state index in [1.54, 1.807) is 10.6 Å². The van der Waals surface area contributed by atoms with Gasteiger partial charge in [-0.2, -0.15) is 5.10 Å². The van der Waals surface area contributed by atoms with Crippen LogP contribution < -0.4 is 10.3 Å². The van der Waals surface area contributed by atoms with Gasteiger partial charge in [0.1, 0.15) is 11.4 Å². The highest BCUT2D eigenvalue weighted by atomic mass is 16.5. The fraction of sp³-hybridized carbons (Fsp3) is 0.421. The number of piperidine rings is 1. The average Bonchev–Trinajstić information content (AvgIpc) is 3.00. The molecule has 1 amide bonds. The molecule has 0 radical (unpaired) electrons. The zero-order chi connectivity index (χ0) is 19.1. The first-order chi connectivity index (χ1) is 13.0. The second kappa shape index (κ2) is 6.61. The SMILES string of the molecule is CCOc1cccc2nn3c(C4CCN(C(=O)O)C(C)C4)cc(=O)[nH]c3c12. The van der Waals surface area contributed by atoms with E-state index in [9.17, 15) is 14.7 Å². The number of likely N-dealkylation sites (tertiary alicyclic amines) is 1. The van der Waals surface area contributed by atoms with Gasteiger partial charge < -0.3 is 19.7 Å². The molecule has 27 heavy (non-hydrogen) atoms. The number of benzene rings is 1. The molecule has 0 aliphatic carbocycles. The Kier molecular flexibility index (Phi) is 4.25. The lowest BCUT2D eigenvalue weighted by molar-refractivity contribution is 0.106. The number of nitrogens with one attached hydrogen (secondary N) is 1. The molecule has 1 saturated heterocycles. The van der Waals surface area contributed by atoms with Crippen molar-refractivity contribution in [3.05, 3.63) is 40.3 Å². The van der Waals surface area contributed by atoms with Crippen LogP contribution in [0.15, 0.2) is 29.1 Å². The van der Waals surface area contributed by atoms with Gasteiger partial charge in [-0.25, -0.2) is 9.31 Å². The molecule has 2 atom stereocenters. The molecule has 2 N–H and O–H groups in total. The van der Waals surface area contributed by atoms with Crippen LogP contribution in [0, 0.1) is 0 Å². The Labute approximate surface area is 155 Å². The molecular weight excluding hydrogens is 348 g/mol. The van der Waals surface area contributed by atoms with Crippen molar-refractivity contribution in [2.24, 2.45) is 0 Å². The highest BCUT2D eigenvalue weighted by Gasteiger charge is 2.31. The summed E-state index contributed by atoms with van der Waals surface area (Å²) in [6.07, 6.45) is 0.409. The van der Waals surface area contributed by atoms with Crippen molar-refractivity contribution in [2.45, 2.75) is 38.6 Å². The number of carboxylic acid groups (broad SMARTS) is 1. The standard InChI is InChI=1S/C19H22N4O4/c1-3-27-15-6-4-5-13-17(15)18-20-16(24)10-14(23(18)21-13)12-7-8-22(19(25)26)11(2)9-12/h4-6,10-12H,3,7-9H2,1-2H3,(H,20,24)(H,25,26). The zero-order valence-corrected chi connectivity index (χ0v) is 15.3. The van der Waals surface area contributed by atoms with Crippen LogP contribution in [0.2, 0.25) is 0 Å². The van der Waals surface area contributed by atoms with Gasteiger partial charge in [0.15, 0.2) is 0 Å². The van der Waals surface area contributed by atoms with Crippen molar-refractivity contribution in [1.82, 2.24) is 19.5 Å². The van der Waals surface area contributed by atoms with Crippen molar-refractivity contribution >= 4 is 22.6 Å². The lowest BCUT2D eigenvalue weighted by Gasteiger charge is -2.35. The van der Waals surface area contributed by atoms with E-state index in [4.69, 9.17) is 9.84 Å². The Morgan fingerprint density at radius 1 is 1.44 bits per heavy atom. The van der Waals surface area contributed by atoms with E-state index in [-0.39, 0.29) is 17.5 Å². The number of fused-ring (bicyclic) bond motifs is 3. The number of aromatic nitrogens is 3. The highest BCUT2D eigenvalue weighted by Crippen LogP contribution is 2.34. The predicted molar refractivity (Wildman–Crippen MR) is 101 cm³/mol. The number of amides is 1. The van der Waals surface area contributed by atoms with E-state index in [0.717, 1.165) is 16.6 Å². The molecule has 1 aromatic carbocycles. The number of H-pyrrole nitrogens is 1. The van der Waals surface area contributed by atoms with Crippen LogP contribution >= 0.6 is 0 Å². The van der Waals surface area contributed by atoms with Gasteiger partial charge in [0.25, 0.3) is 5.56 Å². The first kappa shape index (κ1) is 17.4. The number of carbonyl (C=O) groups is 1. The molecule has 142 valence electrons. The fourth-order valence-corrected chi connectivity index (χ4v) is 4.05. The molecule has 1 fully saturated rings. The maximum absolute atomic E-state index is 12.4. The third-order valence-electron chi connectivity index (χ3n) is 5.27. The van der Waals surface area contributed by atoms with Gasteiger partial charge in [0, 0.05) is 24.6 Å². The van der Waals surface area contributed by atoms with Crippen LogP contribution in [0.1, 0.15) is 38.3 Å². The molecule has 2 aromatic heterocycles. The minimum atomic E-state index is -0.900. The van der Waals surface area contributed by atoms with Gasteiger partial charge in [0.05, 0.1) is 23.2 Å². The third kappa shape index (κ3) is 2.90. The summed E-state index contributed by atoms with van der Waals surface area (Å²) >= 11 is 0. The second-order valence-electron chi connectivity index (χ2n) is 6.95. The fourth-order valence-electron chi connectivity index (χ4n) is 4.05. The largest absolute Gasteiger partial charge is 0.493 e. The first-order valence-electron chi connectivity index (χ1n) is 9.16. The number of rotatable bonds is 3. The monoisotopic (exact) mass is 370 g/mol. The normalized spacial score (nSPS) is 20.3. The van der Waals surface area contributed by atoms with Crippen LogP contribution in [-0.4, -0.2) is 49.9 Å². The number of aromatic amines is 1. The van der Waals surface area contributed by atoms with Crippen molar-refractivity contribution in [3.8, 4) is 5.75 Å². The van der Waals surface area contributed by atoms with E-state index >= 15 is 0 Å². The second-order valence-corrected chi connectivity index (χ2v) is 6.95. The summed E-state index contributed by atoms with van der Waals surface area (Å²) < 4.78 is 7.50. The van der Waals surface area contributed by atoms with Crippen LogP contribution in [0.4, 0.5) is 4.79 Å². The molecular formula is C19H22N4O4. The first-order valence-corrected chi connectivity index (χ1v) is 9.16. The molecule has 4 rings (SSSR count). The van der Waals surface area contributed by atoms with E-state index in [0.29, 0.717) is 37.4 Å². The highest BCUT2D eigenvalue weighted by molar-refractivity contribution is 5.97. The molecule has 8 heteroatoms. The summed E-state index contributed by atoms with van der Waals surface area (Å²) in [5.74, 6) is 0.747. The van der Waals surface area contributed by atoms with E-state index in [2.05, 4.69) is 4.98 Å². The van der Waals surface area contributed by atoms with E-state index in [1.165, 1.54) is 4.90 Å². The Balaban J connectivity index is 1.85. The quantitative estimate of drug-likeness (QED) is 0.738. The number of nitrogens with zero attached hydrogens (tertiary/aromatic N) is 3. The minimum absolute atomic E-state index is 0.0604. The number of hydrogen-bond acceptors (Lipinski definition) is 4. The van der Waals surface area contributed by atoms with Gasteiger partial charge in [-0.05, 0) is 38.8 Å². The topological polar surface area (TPSA) is 99.9 Å². The smallest absolute Gasteiger partial charge is 0.407 e. The van der Waals surface area contributed by atoms with Crippen molar-refractivity contribution in [2.75, 3.05) is 13.2 Å². The molecule has 0 bridgehead atoms. The summed E-state index contributed by atoms with van der Waals surface area (Å²) in [6, 6.07) is 7.10. The zero-order valence-electron chi connectivity index (χ0n) is 15.3. The lowest BCUT2D eigenvalue weighted by atomic mass is 9.89. The molecule has 3 aromatic rings. The molecule has 3 heterocycles. The Morgan fingerprint density at radius 2 is 2.26 bits per heavy atom. The van der Waals surface area contributed by atoms with Crippen LogP contribution in [0.5, 0.6) is 5.75 Å². The average molecular weight is 370 g/mol. The summed E-state index contributed by atoms with van der Waals surface area (Å²) in [5, 5.41) is 14.8. The number of hydrogen-bond donors (Lipinski definition) is 2. The van der Waals surface area contributed by atoms with Crippen LogP contribution in [0.3, 0.4) is 0 Å². The van der Waals surface area contributed by atoms with Gasteiger partial charge in [0.2, 0.25) is 0 Å². The Hall–Kier alpha value is -3.03.